The highest BCUT2D eigenvalue weighted by Crippen LogP contribution is 2.22. The zero-order valence-electron chi connectivity index (χ0n) is 13.8. The monoisotopic (exact) mass is 314 g/mol. The summed E-state index contributed by atoms with van der Waals surface area (Å²) >= 11 is 0. The Hall–Kier alpha value is -1.41. The van der Waals surface area contributed by atoms with Crippen LogP contribution in [0.4, 0.5) is 0 Å². The number of hydrogen-bond donors (Lipinski definition) is 0. The molecule has 0 N–H and O–H groups in total. The SMILES string of the molecule is CC(OC(C)(C)C)N1CCN(CC2CCOC2)C1=N[N+](=O)[O-]. The first-order valence-corrected chi connectivity index (χ1v) is 7.76. The van der Waals surface area contributed by atoms with Crippen molar-refractivity contribution in [3.05, 3.63) is 10.1 Å². The van der Waals surface area contributed by atoms with E-state index in [2.05, 4.69) is 5.10 Å². The van der Waals surface area contributed by atoms with Gasteiger partial charge in [0.25, 0.3) is 5.96 Å². The van der Waals surface area contributed by atoms with Crippen molar-refractivity contribution in [1.82, 2.24) is 9.80 Å². The topological polar surface area (TPSA) is 80.4 Å². The number of rotatable bonds is 5. The summed E-state index contributed by atoms with van der Waals surface area (Å²) in [5.41, 5.74) is -0.314. The first kappa shape index (κ1) is 17.0. The van der Waals surface area contributed by atoms with Gasteiger partial charge in [-0.05, 0) is 34.1 Å². The molecule has 0 aliphatic carbocycles. The molecule has 0 radical (unpaired) electrons. The second-order valence-corrected chi connectivity index (χ2v) is 6.84. The Morgan fingerprint density at radius 1 is 1.50 bits per heavy atom. The van der Waals surface area contributed by atoms with Gasteiger partial charge in [0.15, 0.2) is 5.03 Å². The van der Waals surface area contributed by atoms with Crippen molar-refractivity contribution in [1.29, 1.82) is 0 Å². The Kier molecular flexibility index (Phi) is 5.23. The molecular weight excluding hydrogens is 288 g/mol. The number of hydrazone groups is 1. The zero-order valence-corrected chi connectivity index (χ0v) is 13.8. The first-order chi connectivity index (χ1) is 10.3. The van der Waals surface area contributed by atoms with E-state index in [1.807, 2.05) is 37.5 Å². The van der Waals surface area contributed by atoms with Crippen LogP contribution in [0, 0.1) is 16.0 Å². The van der Waals surface area contributed by atoms with Gasteiger partial charge < -0.3 is 19.3 Å². The lowest BCUT2D eigenvalue weighted by molar-refractivity contribution is -0.486. The Labute approximate surface area is 131 Å². The van der Waals surface area contributed by atoms with Gasteiger partial charge in [-0.25, -0.2) is 10.1 Å². The molecule has 2 aliphatic rings. The molecule has 22 heavy (non-hydrogen) atoms. The molecule has 8 nitrogen and oxygen atoms in total. The van der Waals surface area contributed by atoms with E-state index < -0.39 is 5.03 Å². The molecule has 2 saturated heterocycles. The summed E-state index contributed by atoms with van der Waals surface area (Å²) in [5.74, 6) is 0.810. The maximum Gasteiger partial charge on any atom is 0.276 e. The van der Waals surface area contributed by atoms with Crippen molar-refractivity contribution in [3.63, 3.8) is 0 Å². The van der Waals surface area contributed by atoms with E-state index >= 15 is 0 Å². The average Bonchev–Trinajstić information content (AvgIpc) is 2.98. The van der Waals surface area contributed by atoms with Crippen LogP contribution in [-0.4, -0.2) is 65.5 Å². The van der Waals surface area contributed by atoms with Crippen LogP contribution in [0.2, 0.25) is 0 Å². The van der Waals surface area contributed by atoms with Gasteiger partial charge in [0.2, 0.25) is 0 Å². The maximum atomic E-state index is 10.9. The predicted octanol–water partition coefficient (Wildman–Crippen LogP) is 1.35. The van der Waals surface area contributed by atoms with Crippen LogP contribution in [0.15, 0.2) is 5.10 Å². The Morgan fingerprint density at radius 3 is 2.77 bits per heavy atom. The fourth-order valence-electron chi connectivity index (χ4n) is 2.94. The minimum atomic E-state index is -0.629. The fraction of sp³-hybridized carbons (Fsp3) is 0.929. The summed E-state index contributed by atoms with van der Waals surface area (Å²) < 4.78 is 11.3. The molecule has 2 unspecified atom stereocenters. The van der Waals surface area contributed by atoms with Gasteiger partial charge in [0, 0.05) is 32.2 Å². The molecule has 0 bridgehead atoms. The van der Waals surface area contributed by atoms with Gasteiger partial charge in [-0.3, -0.25) is 0 Å². The van der Waals surface area contributed by atoms with Crippen molar-refractivity contribution >= 4 is 5.96 Å². The number of nitrogens with zero attached hydrogens (tertiary/aromatic N) is 4. The summed E-state index contributed by atoms with van der Waals surface area (Å²) in [6, 6.07) is 0. The molecule has 2 atom stereocenters. The van der Waals surface area contributed by atoms with Crippen molar-refractivity contribution in [2.24, 2.45) is 11.0 Å². The molecule has 0 amide bonds. The first-order valence-electron chi connectivity index (χ1n) is 7.76. The third kappa shape index (κ3) is 4.54. The number of guanidine groups is 1. The van der Waals surface area contributed by atoms with Crippen molar-refractivity contribution in [2.45, 2.75) is 45.9 Å². The van der Waals surface area contributed by atoms with Crippen LogP contribution in [-0.2, 0) is 9.47 Å². The molecule has 0 aromatic rings. The van der Waals surface area contributed by atoms with E-state index in [-0.39, 0.29) is 11.8 Å². The van der Waals surface area contributed by atoms with Crippen LogP contribution in [0.1, 0.15) is 34.1 Å². The predicted molar refractivity (Wildman–Crippen MR) is 81.9 cm³/mol. The molecule has 0 spiro atoms. The second kappa shape index (κ2) is 6.78. The normalized spacial score (nSPS) is 26.0. The van der Waals surface area contributed by atoms with Crippen molar-refractivity contribution in [3.8, 4) is 0 Å². The van der Waals surface area contributed by atoms with E-state index in [0.717, 1.165) is 32.7 Å². The van der Waals surface area contributed by atoms with Gasteiger partial charge in [0.1, 0.15) is 11.3 Å². The van der Waals surface area contributed by atoms with Crippen LogP contribution in [0.5, 0.6) is 0 Å². The lowest BCUT2D eigenvalue weighted by atomic mass is 10.1. The molecule has 126 valence electrons. The average molecular weight is 314 g/mol. The summed E-state index contributed by atoms with van der Waals surface area (Å²) in [4.78, 5) is 14.7. The standard InChI is InChI=1S/C14H26N4O4/c1-11(22-14(2,3)4)17-7-6-16(13(17)15-18(19)20)9-12-5-8-21-10-12/h11-12H,5-10H2,1-4H3. The van der Waals surface area contributed by atoms with Crippen molar-refractivity contribution < 1.29 is 14.5 Å². The zero-order chi connectivity index (χ0) is 16.3. The molecular formula is C14H26N4O4. The molecule has 2 rings (SSSR count). The third-order valence-electron chi connectivity index (χ3n) is 3.79. The highest BCUT2D eigenvalue weighted by atomic mass is 16.7. The van der Waals surface area contributed by atoms with Gasteiger partial charge in [-0.1, -0.05) is 0 Å². The van der Waals surface area contributed by atoms with Gasteiger partial charge in [-0.2, -0.15) is 0 Å². The number of hydrogen-bond acceptors (Lipinski definition) is 4. The summed E-state index contributed by atoms with van der Waals surface area (Å²) in [6.07, 6.45) is 0.736. The Bertz CT molecular complexity index is 429. The van der Waals surface area contributed by atoms with E-state index in [0.29, 0.717) is 18.4 Å². The molecule has 8 heteroatoms. The lowest BCUT2D eigenvalue weighted by Crippen LogP contribution is -2.44. The van der Waals surface area contributed by atoms with E-state index in [1.54, 1.807) is 0 Å². The number of nitro groups is 1. The van der Waals surface area contributed by atoms with Crippen LogP contribution >= 0.6 is 0 Å². The summed E-state index contributed by atoms with van der Waals surface area (Å²) in [7, 11) is 0. The highest BCUT2D eigenvalue weighted by Gasteiger charge is 2.36. The minimum absolute atomic E-state index is 0.261. The highest BCUT2D eigenvalue weighted by molar-refractivity contribution is 5.81. The Morgan fingerprint density at radius 2 is 2.23 bits per heavy atom. The number of ether oxygens (including phenoxy) is 2. The maximum absolute atomic E-state index is 10.9. The lowest BCUT2D eigenvalue weighted by Gasteiger charge is -2.32. The van der Waals surface area contributed by atoms with Crippen molar-refractivity contribution in [2.75, 3.05) is 32.8 Å². The van der Waals surface area contributed by atoms with Crippen LogP contribution in [0.3, 0.4) is 0 Å². The molecule has 0 aromatic carbocycles. The van der Waals surface area contributed by atoms with Gasteiger partial charge in [-0.15, -0.1) is 0 Å². The van der Waals surface area contributed by atoms with E-state index in [1.165, 1.54) is 0 Å². The fourth-order valence-corrected chi connectivity index (χ4v) is 2.94. The summed E-state index contributed by atoms with van der Waals surface area (Å²) in [6.45, 7) is 11.4. The molecule has 0 aromatic heterocycles. The van der Waals surface area contributed by atoms with Gasteiger partial charge >= 0.3 is 0 Å². The Balaban J connectivity index is 2.08. The molecule has 2 aliphatic heterocycles. The molecule has 2 heterocycles. The molecule has 0 saturated carbocycles. The minimum Gasteiger partial charge on any atom is -0.381 e. The largest absolute Gasteiger partial charge is 0.381 e. The van der Waals surface area contributed by atoms with E-state index in [9.17, 15) is 10.1 Å². The molecule has 2 fully saturated rings. The quantitative estimate of drug-likeness (QED) is 0.563. The summed E-state index contributed by atoms with van der Waals surface area (Å²) in [5, 5.41) is 13.9. The smallest absolute Gasteiger partial charge is 0.276 e. The van der Waals surface area contributed by atoms with Crippen LogP contribution < -0.4 is 0 Å². The second-order valence-electron chi connectivity index (χ2n) is 6.84. The van der Waals surface area contributed by atoms with Crippen LogP contribution in [0.25, 0.3) is 0 Å². The van der Waals surface area contributed by atoms with E-state index in [4.69, 9.17) is 9.47 Å². The van der Waals surface area contributed by atoms with Gasteiger partial charge in [0.05, 0.1) is 12.2 Å². The third-order valence-corrected chi connectivity index (χ3v) is 3.79.